The number of pyridine rings is 1. The molecule has 0 saturated carbocycles. The number of aromatic nitrogens is 1. The Bertz CT molecular complexity index is 635. The molecular weight excluding hydrogens is 254 g/mol. The Balaban J connectivity index is 2.74. The lowest BCUT2D eigenvalue weighted by Gasteiger charge is -2.13. The van der Waals surface area contributed by atoms with Crippen LogP contribution in [0.4, 0.5) is 0 Å². The Hall–Kier alpha value is -2.10. The van der Waals surface area contributed by atoms with Crippen LogP contribution in [-0.2, 0) is 4.74 Å². The van der Waals surface area contributed by atoms with Gasteiger partial charge in [-0.05, 0) is 36.6 Å². The van der Waals surface area contributed by atoms with E-state index < -0.39 is 0 Å². The normalized spacial score (nSPS) is 10.8. The summed E-state index contributed by atoms with van der Waals surface area (Å²) in [6, 6.07) is 5.57. The van der Waals surface area contributed by atoms with Gasteiger partial charge in [0.05, 0.1) is 24.8 Å². The van der Waals surface area contributed by atoms with E-state index in [1.165, 1.54) is 0 Å². The van der Waals surface area contributed by atoms with Gasteiger partial charge in [0.1, 0.15) is 5.75 Å². The lowest BCUT2D eigenvalue weighted by atomic mass is 9.97. The van der Waals surface area contributed by atoms with Gasteiger partial charge in [-0.25, -0.2) is 4.79 Å². The quantitative estimate of drug-likeness (QED) is 0.799. The average molecular weight is 273 g/mol. The number of benzene rings is 1. The van der Waals surface area contributed by atoms with Crippen LogP contribution in [0.2, 0.25) is 0 Å². The SMILES string of the molecule is CCOC(=O)c1cc(OC)cc2c(C(C)C)ccnc12. The zero-order chi connectivity index (χ0) is 14.7. The molecule has 0 atom stereocenters. The van der Waals surface area contributed by atoms with Gasteiger partial charge >= 0.3 is 5.97 Å². The molecule has 1 aromatic carbocycles. The van der Waals surface area contributed by atoms with Gasteiger partial charge in [0.25, 0.3) is 0 Å². The Morgan fingerprint density at radius 3 is 2.70 bits per heavy atom. The number of nitrogens with zero attached hydrogens (tertiary/aromatic N) is 1. The van der Waals surface area contributed by atoms with Crippen LogP contribution in [0.25, 0.3) is 10.9 Å². The topological polar surface area (TPSA) is 48.4 Å². The number of hydrogen-bond acceptors (Lipinski definition) is 4. The van der Waals surface area contributed by atoms with Crippen LogP contribution < -0.4 is 4.74 Å². The molecule has 2 rings (SSSR count). The van der Waals surface area contributed by atoms with Crippen molar-refractivity contribution in [2.75, 3.05) is 13.7 Å². The summed E-state index contributed by atoms with van der Waals surface area (Å²) in [4.78, 5) is 16.4. The maximum atomic E-state index is 12.1. The van der Waals surface area contributed by atoms with Gasteiger partial charge in [-0.2, -0.15) is 0 Å². The molecule has 20 heavy (non-hydrogen) atoms. The van der Waals surface area contributed by atoms with Crippen molar-refractivity contribution in [3.63, 3.8) is 0 Å². The summed E-state index contributed by atoms with van der Waals surface area (Å²) in [5, 5.41) is 0.935. The minimum Gasteiger partial charge on any atom is -0.497 e. The van der Waals surface area contributed by atoms with Gasteiger partial charge in [0, 0.05) is 11.6 Å². The van der Waals surface area contributed by atoms with E-state index in [4.69, 9.17) is 9.47 Å². The predicted molar refractivity (Wildman–Crippen MR) is 78.3 cm³/mol. The van der Waals surface area contributed by atoms with Gasteiger partial charge in [0.2, 0.25) is 0 Å². The second-order valence-corrected chi connectivity index (χ2v) is 4.85. The maximum Gasteiger partial charge on any atom is 0.340 e. The molecule has 1 heterocycles. The van der Waals surface area contributed by atoms with E-state index >= 15 is 0 Å². The van der Waals surface area contributed by atoms with Crippen LogP contribution in [0.1, 0.15) is 42.6 Å². The maximum absolute atomic E-state index is 12.1. The highest BCUT2D eigenvalue weighted by atomic mass is 16.5. The lowest BCUT2D eigenvalue weighted by molar-refractivity contribution is 0.0528. The van der Waals surface area contributed by atoms with Crippen LogP contribution in [0.15, 0.2) is 24.4 Å². The number of rotatable bonds is 4. The van der Waals surface area contributed by atoms with E-state index in [0.717, 1.165) is 10.9 Å². The number of esters is 1. The van der Waals surface area contributed by atoms with Crippen LogP contribution in [0.3, 0.4) is 0 Å². The summed E-state index contributed by atoms with van der Waals surface area (Å²) >= 11 is 0. The Morgan fingerprint density at radius 1 is 1.35 bits per heavy atom. The first-order valence-electron chi connectivity index (χ1n) is 6.72. The van der Waals surface area contributed by atoms with E-state index in [9.17, 15) is 4.79 Å². The van der Waals surface area contributed by atoms with Crippen molar-refractivity contribution >= 4 is 16.9 Å². The Labute approximate surface area is 118 Å². The van der Waals surface area contributed by atoms with Crippen molar-refractivity contribution in [1.82, 2.24) is 4.98 Å². The fourth-order valence-corrected chi connectivity index (χ4v) is 2.23. The fraction of sp³-hybridized carbons (Fsp3) is 0.375. The van der Waals surface area contributed by atoms with E-state index in [2.05, 4.69) is 18.8 Å². The standard InChI is InChI=1S/C16H19NO3/c1-5-20-16(18)14-9-11(19-4)8-13-12(10(2)3)6-7-17-15(13)14/h6-10H,5H2,1-4H3. The van der Waals surface area contributed by atoms with E-state index in [1.54, 1.807) is 26.3 Å². The van der Waals surface area contributed by atoms with Gasteiger partial charge in [-0.15, -0.1) is 0 Å². The van der Waals surface area contributed by atoms with Crippen LogP contribution in [0, 0.1) is 0 Å². The highest BCUT2D eigenvalue weighted by molar-refractivity contribution is 6.04. The molecule has 1 aromatic heterocycles. The highest BCUT2D eigenvalue weighted by Crippen LogP contribution is 2.30. The summed E-state index contributed by atoms with van der Waals surface area (Å²) in [5.74, 6) is 0.600. The zero-order valence-corrected chi connectivity index (χ0v) is 12.3. The summed E-state index contributed by atoms with van der Waals surface area (Å²) in [6.07, 6.45) is 1.73. The lowest BCUT2D eigenvalue weighted by Crippen LogP contribution is -2.07. The van der Waals surface area contributed by atoms with Gasteiger partial charge in [-0.3, -0.25) is 4.98 Å². The molecule has 0 radical (unpaired) electrons. The average Bonchev–Trinajstić information content (AvgIpc) is 2.45. The van der Waals surface area contributed by atoms with E-state index in [0.29, 0.717) is 29.4 Å². The van der Waals surface area contributed by atoms with Crippen molar-refractivity contribution in [1.29, 1.82) is 0 Å². The Kier molecular flexibility index (Phi) is 4.23. The molecule has 0 N–H and O–H groups in total. The molecule has 4 heteroatoms. The number of methoxy groups -OCH3 is 1. The minimum atomic E-state index is -0.371. The summed E-state index contributed by atoms with van der Waals surface area (Å²) < 4.78 is 10.4. The van der Waals surface area contributed by atoms with Crippen LogP contribution in [-0.4, -0.2) is 24.7 Å². The van der Waals surface area contributed by atoms with Crippen molar-refractivity contribution in [2.45, 2.75) is 26.7 Å². The molecule has 106 valence electrons. The third kappa shape index (κ3) is 2.59. The molecule has 0 spiro atoms. The van der Waals surface area contributed by atoms with E-state index in [1.807, 2.05) is 12.1 Å². The minimum absolute atomic E-state index is 0.335. The molecule has 0 unspecified atom stereocenters. The van der Waals surface area contributed by atoms with Crippen molar-refractivity contribution in [3.05, 3.63) is 35.5 Å². The molecule has 0 bridgehead atoms. The van der Waals surface area contributed by atoms with Crippen LogP contribution >= 0.6 is 0 Å². The first-order chi connectivity index (χ1) is 9.58. The number of carbonyl (C=O) groups is 1. The summed E-state index contributed by atoms with van der Waals surface area (Å²) in [6.45, 7) is 6.34. The first kappa shape index (κ1) is 14.3. The van der Waals surface area contributed by atoms with Gasteiger partial charge in [-0.1, -0.05) is 13.8 Å². The summed E-state index contributed by atoms with van der Waals surface area (Å²) in [5.41, 5.74) is 2.25. The largest absolute Gasteiger partial charge is 0.497 e. The molecule has 0 aliphatic carbocycles. The Morgan fingerprint density at radius 2 is 2.10 bits per heavy atom. The number of fused-ring (bicyclic) bond motifs is 1. The number of carbonyl (C=O) groups excluding carboxylic acids is 1. The predicted octanol–water partition coefficient (Wildman–Crippen LogP) is 3.54. The molecule has 0 saturated heterocycles. The third-order valence-electron chi connectivity index (χ3n) is 3.21. The monoisotopic (exact) mass is 273 g/mol. The molecule has 4 nitrogen and oxygen atoms in total. The second kappa shape index (κ2) is 5.90. The molecule has 0 aliphatic rings. The third-order valence-corrected chi connectivity index (χ3v) is 3.21. The van der Waals surface area contributed by atoms with Crippen molar-refractivity contribution in [3.8, 4) is 5.75 Å². The van der Waals surface area contributed by atoms with Crippen molar-refractivity contribution < 1.29 is 14.3 Å². The second-order valence-electron chi connectivity index (χ2n) is 4.85. The molecule has 0 aliphatic heterocycles. The number of hydrogen-bond donors (Lipinski definition) is 0. The molecule has 0 fully saturated rings. The molecule has 2 aromatic rings. The van der Waals surface area contributed by atoms with E-state index in [-0.39, 0.29) is 5.97 Å². The molecular formula is C16H19NO3. The number of ether oxygens (including phenoxy) is 2. The molecule has 0 amide bonds. The zero-order valence-electron chi connectivity index (χ0n) is 12.3. The summed E-state index contributed by atoms with van der Waals surface area (Å²) in [7, 11) is 1.58. The first-order valence-corrected chi connectivity index (χ1v) is 6.72. The van der Waals surface area contributed by atoms with Gasteiger partial charge < -0.3 is 9.47 Å². The van der Waals surface area contributed by atoms with Gasteiger partial charge in [0.15, 0.2) is 0 Å². The van der Waals surface area contributed by atoms with Crippen LogP contribution in [0.5, 0.6) is 5.75 Å². The fourth-order valence-electron chi connectivity index (χ4n) is 2.23. The highest BCUT2D eigenvalue weighted by Gasteiger charge is 2.17. The van der Waals surface area contributed by atoms with Crippen molar-refractivity contribution in [2.24, 2.45) is 0 Å². The smallest absolute Gasteiger partial charge is 0.340 e.